The summed E-state index contributed by atoms with van der Waals surface area (Å²) in [7, 11) is 0. The van der Waals surface area contributed by atoms with Crippen LogP contribution in [0, 0.1) is 18.6 Å². The molecule has 5 nitrogen and oxygen atoms in total. The monoisotopic (exact) mass is 419 g/mol. The van der Waals surface area contributed by atoms with Crippen molar-refractivity contribution in [2.24, 2.45) is 0 Å². The van der Waals surface area contributed by atoms with Gasteiger partial charge in [0.25, 0.3) is 0 Å². The molecule has 3 aromatic rings. The number of aromatic nitrogens is 3. The van der Waals surface area contributed by atoms with Crippen molar-refractivity contribution >= 4 is 18.3 Å². The van der Waals surface area contributed by atoms with Crippen molar-refractivity contribution in [1.29, 1.82) is 0 Å². The summed E-state index contributed by atoms with van der Waals surface area (Å²) >= 11 is 5.75. The van der Waals surface area contributed by atoms with Crippen molar-refractivity contribution in [3.8, 4) is 5.69 Å². The molecule has 4 rings (SSSR count). The van der Waals surface area contributed by atoms with Crippen LogP contribution in [0.3, 0.4) is 0 Å². The molecule has 0 aliphatic carbocycles. The van der Waals surface area contributed by atoms with Crippen LogP contribution >= 0.6 is 12.2 Å². The topological polar surface area (TPSA) is 29.2 Å². The van der Waals surface area contributed by atoms with Crippen molar-refractivity contribution in [2.45, 2.75) is 20.5 Å². The number of aryl methyl sites for hydroxylation is 2. The Labute approximate surface area is 183 Å². The third-order valence-electron chi connectivity index (χ3n) is 5.53. The highest BCUT2D eigenvalue weighted by molar-refractivity contribution is 7.71. The van der Waals surface area contributed by atoms with Crippen LogP contribution < -0.4 is 0 Å². The van der Waals surface area contributed by atoms with Gasteiger partial charge >= 0.3 is 0 Å². The highest BCUT2D eigenvalue weighted by atomic mass is 32.1. The van der Waals surface area contributed by atoms with Crippen LogP contribution in [0.15, 0.2) is 60.7 Å². The fourth-order valence-electron chi connectivity index (χ4n) is 3.88. The van der Waals surface area contributed by atoms with Gasteiger partial charge in [-0.05, 0) is 49.3 Å². The summed E-state index contributed by atoms with van der Waals surface area (Å²) in [5.41, 5.74) is 3.56. The number of rotatable bonds is 6. The van der Waals surface area contributed by atoms with E-state index in [9.17, 15) is 0 Å². The Balaban J connectivity index is 1.34. The van der Waals surface area contributed by atoms with E-state index >= 15 is 0 Å². The Morgan fingerprint density at radius 2 is 1.67 bits per heavy atom. The minimum atomic E-state index is 0.742. The zero-order valence-corrected chi connectivity index (χ0v) is 18.6. The number of hydrogen-bond acceptors (Lipinski definition) is 4. The Kier molecular flexibility index (Phi) is 6.57. The first-order valence-electron chi connectivity index (χ1n) is 10.5. The quantitative estimate of drug-likeness (QED) is 0.557. The summed E-state index contributed by atoms with van der Waals surface area (Å²) < 4.78 is 4.77. The summed E-state index contributed by atoms with van der Waals surface area (Å²) in [5, 5.41) is 4.72. The van der Waals surface area contributed by atoms with Gasteiger partial charge in [0.05, 0.1) is 6.67 Å². The summed E-state index contributed by atoms with van der Waals surface area (Å²) in [6.07, 6.45) is 4.46. The van der Waals surface area contributed by atoms with Crippen molar-refractivity contribution in [1.82, 2.24) is 24.1 Å². The van der Waals surface area contributed by atoms with E-state index in [4.69, 9.17) is 17.3 Å². The molecule has 6 heteroatoms. The maximum Gasteiger partial charge on any atom is 0.203 e. The van der Waals surface area contributed by atoms with Crippen LogP contribution in [0.1, 0.15) is 17.0 Å². The third kappa shape index (κ3) is 4.95. The third-order valence-corrected chi connectivity index (χ3v) is 5.93. The molecule has 0 unspecified atom stereocenters. The molecule has 156 valence electrons. The Morgan fingerprint density at radius 1 is 0.933 bits per heavy atom. The molecule has 0 saturated carbocycles. The van der Waals surface area contributed by atoms with Gasteiger partial charge in [0, 0.05) is 38.4 Å². The van der Waals surface area contributed by atoms with Crippen LogP contribution in [0.2, 0.25) is 0 Å². The van der Waals surface area contributed by atoms with Crippen LogP contribution in [0.25, 0.3) is 11.8 Å². The first-order valence-corrected chi connectivity index (χ1v) is 10.9. The molecule has 0 atom stereocenters. The molecule has 1 aliphatic heterocycles. The second-order valence-electron chi connectivity index (χ2n) is 7.88. The molecule has 1 saturated heterocycles. The van der Waals surface area contributed by atoms with Gasteiger partial charge in [0.15, 0.2) is 0 Å². The van der Waals surface area contributed by atoms with Crippen molar-refractivity contribution in [3.63, 3.8) is 0 Å². The lowest BCUT2D eigenvalue weighted by Crippen LogP contribution is -2.46. The highest BCUT2D eigenvalue weighted by Gasteiger charge is 2.18. The van der Waals surface area contributed by atoms with E-state index in [0.29, 0.717) is 0 Å². The van der Waals surface area contributed by atoms with Crippen molar-refractivity contribution in [2.75, 3.05) is 32.7 Å². The molecule has 1 fully saturated rings. The maximum atomic E-state index is 5.75. The van der Waals surface area contributed by atoms with Crippen molar-refractivity contribution < 1.29 is 0 Å². The fraction of sp³-hybridized carbons (Fsp3) is 0.333. The molecule has 2 aromatic carbocycles. The lowest BCUT2D eigenvalue weighted by Gasteiger charge is -2.33. The highest BCUT2D eigenvalue weighted by Crippen LogP contribution is 2.14. The molecule has 0 spiro atoms. The molecule has 0 amide bonds. The molecule has 30 heavy (non-hydrogen) atoms. The zero-order chi connectivity index (χ0) is 20.9. The van der Waals surface area contributed by atoms with Crippen molar-refractivity contribution in [3.05, 3.63) is 82.4 Å². The second-order valence-corrected chi connectivity index (χ2v) is 8.24. The van der Waals surface area contributed by atoms with Gasteiger partial charge in [-0.3, -0.25) is 14.4 Å². The SMILES string of the molecule is Cc1cccc(-n2c(C)nn(CN3CCN(C/C=C/c4ccccc4)CC3)c2=S)c1. The average molecular weight is 420 g/mol. The van der Waals surface area contributed by atoms with E-state index in [2.05, 4.69) is 82.0 Å². The molecule has 0 bridgehead atoms. The van der Waals surface area contributed by atoms with E-state index in [1.165, 1.54) is 11.1 Å². The summed E-state index contributed by atoms with van der Waals surface area (Å²) in [4.78, 5) is 4.92. The van der Waals surface area contributed by atoms with Crippen LogP contribution in [0.5, 0.6) is 0 Å². The Bertz CT molecular complexity index is 1060. The Hall–Kier alpha value is -2.54. The number of piperazine rings is 1. The summed E-state index contributed by atoms with van der Waals surface area (Å²) in [5.74, 6) is 0.926. The maximum absolute atomic E-state index is 5.75. The van der Waals surface area contributed by atoms with E-state index in [1.54, 1.807) is 0 Å². The standard InChI is InChI=1S/C24H29N5S/c1-20-8-6-12-23(18-20)29-21(2)25-28(24(29)30)19-27-16-14-26(15-17-27)13-7-11-22-9-4-3-5-10-22/h3-12,18H,13-17,19H2,1-2H3/b11-7+. The summed E-state index contributed by atoms with van der Waals surface area (Å²) in [6.45, 7) is 10.0. The van der Waals surface area contributed by atoms with Gasteiger partial charge in [-0.1, -0.05) is 54.6 Å². The lowest BCUT2D eigenvalue weighted by molar-refractivity contribution is 0.110. The minimum Gasteiger partial charge on any atom is -0.297 e. The second kappa shape index (κ2) is 9.51. The predicted molar refractivity (Wildman–Crippen MR) is 125 cm³/mol. The lowest BCUT2D eigenvalue weighted by atomic mass is 10.2. The largest absolute Gasteiger partial charge is 0.297 e. The number of hydrogen-bond donors (Lipinski definition) is 0. The van der Waals surface area contributed by atoms with Gasteiger partial charge in [-0.2, -0.15) is 5.10 Å². The zero-order valence-electron chi connectivity index (χ0n) is 17.7. The molecule has 2 heterocycles. The van der Waals surface area contributed by atoms with Gasteiger partial charge < -0.3 is 0 Å². The number of benzene rings is 2. The van der Waals surface area contributed by atoms with E-state index in [0.717, 1.165) is 55.7 Å². The number of nitrogens with zero attached hydrogens (tertiary/aromatic N) is 5. The molecule has 1 aromatic heterocycles. The van der Waals surface area contributed by atoms with E-state index in [-0.39, 0.29) is 0 Å². The van der Waals surface area contributed by atoms with Crippen LogP contribution in [-0.4, -0.2) is 56.9 Å². The Morgan fingerprint density at radius 3 is 2.40 bits per heavy atom. The average Bonchev–Trinajstić information content (AvgIpc) is 3.03. The normalized spacial score (nSPS) is 15.8. The molecular formula is C24H29N5S. The first kappa shape index (κ1) is 20.7. The fourth-order valence-corrected chi connectivity index (χ4v) is 4.21. The smallest absolute Gasteiger partial charge is 0.203 e. The van der Waals surface area contributed by atoms with Crippen LogP contribution in [-0.2, 0) is 6.67 Å². The van der Waals surface area contributed by atoms with Gasteiger partial charge in [0.2, 0.25) is 4.77 Å². The first-order chi connectivity index (χ1) is 14.6. The van der Waals surface area contributed by atoms with E-state index < -0.39 is 0 Å². The minimum absolute atomic E-state index is 0.742. The molecular weight excluding hydrogens is 390 g/mol. The van der Waals surface area contributed by atoms with E-state index in [1.807, 2.05) is 17.7 Å². The van der Waals surface area contributed by atoms with Gasteiger partial charge in [-0.25, -0.2) is 4.68 Å². The van der Waals surface area contributed by atoms with Crippen LogP contribution in [0.4, 0.5) is 0 Å². The summed E-state index contributed by atoms with van der Waals surface area (Å²) in [6, 6.07) is 18.9. The molecule has 1 aliphatic rings. The molecule has 0 radical (unpaired) electrons. The van der Waals surface area contributed by atoms with Gasteiger partial charge in [0.1, 0.15) is 5.82 Å². The van der Waals surface area contributed by atoms with Gasteiger partial charge in [-0.15, -0.1) is 0 Å². The predicted octanol–water partition coefficient (Wildman–Crippen LogP) is 4.31. The molecule has 0 N–H and O–H groups in total.